The highest BCUT2D eigenvalue weighted by Crippen LogP contribution is 2.35. The number of aryl methyl sites for hydroxylation is 2. The number of hydrogen-bond acceptors (Lipinski definition) is 6. The second-order valence-electron chi connectivity index (χ2n) is 6.13. The molecule has 0 saturated heterocycles. The molecule has 5 nitrogen and oxygen atoms in total. The molecule has 0 aliphatic heterocycles. The van der Waals surface area contributed by atoms with Crippen LogP contribution in [0.15, 0.2) is 34.2 Å². The standard InChI is InChI=1S/C19H17N3O2S2/c1-22-18(23)16-14-3-2-4-15(14)26-17(16)21-19(22)25-10-9-24-13-7-5-12(11-20)6-8-13/h5-8H,2-4,9-10H2,1H3. The molecule has 2 heterocycles. The van der Waals surface area contributed by atoms with E-state index in [0.717, 1.165) is 40.4 Å². The number of thioether (sulfide) groups is 1. The fourth-order valence-electron chi connectivity index (χ4n) is 3.15. The summed E-state index contributed by atoms with van der Waals surface area (Å²) in [4.78, 5) is 19.7. The number of benzene rings is 1. The highest BCUT2D eigenvalue weighted by molar-refractivity contribution is 7.99. The third-order valence-corrected chi connectivity index (χ3v) is 6.65. The minimum Gasteiger partial charge on any atom is -0.493 e. The van der Waals surface area contributed by atoms with E-state index in [1.807, 2.05) is 0 Å². The zero-order chi connectivity index (χ0) is 18.1. The van der Waals surface area contributed by atoms with Crippen molar-refractivity contribution in [3.05, 3.63) is 50.6 Å². The molecule has 1 aliphatic carbocycles. The molecular formula is C19H17N3O2S2. The van der Waals surface area contributed by atoms with Gasteiger partial charge in [-0.25, -0.2) is 4.98 Å². The summed E-state index contributed by atoms with van der Waals surface area (Å²) in [5.74, 6) is 1.42. The van der Waals surface area contributed by atoms with Gasteiger partial charge in [0, 0.05) is 17.7 Å². The molecule has 0 spiro atoms. The van der Waals surface area contributed by atoms with Crippen LogP contribution in [0, 0.1) is 11.3 Å². The Morgan fingerprint density at radius 1 is 1.35 bits per heavy atom. The van der Waals surface area contributed by atoms with Crippen LogP contribution in [-0.2, 0) is 19.9 Å². The normalized spacial score (nSPS) is 12.9. The molecule has 0 bridgehead atoms. The molecular weight excluding hydrogens is 366 g/mol. The first kappa shape index (κ1) is 17.1. The summed E-state index contributed by atoms with van der Waals surface area (Å²) >= 11 is 3.19. The maximum absolute atomic E-state index is 12.7. The summed E-state index contributed by atoms with van der Waals surface area (Å²) in [7, 11) is 1.79. The first-order chi connectivity index (χ1) is 12.7. The molecule has 132 valence electrons. The maximum Gasteiger partial charge on any atom is 0.262 e. The van der Waals surface area contributed by atoms with Crippen molar-refractivity contribution in [2.75, 3.05) is 12.4 Å². The number of ether oxygens (including phenoxy) is 1. The van der Waals surface area contributed by atoms with Crippen LogP contribution in [0.2, 0.25) is 0 Å². The van der Waals surface area contributed by atoms with Crippen LogP contribution < -0.4 is 10.3 Å². The van der Waals surface area contributed by atoms with E-state index >= 15 is 0 Å². The SMILES string of the molecule is Cn1c(SCCOc2ccc(C#N)cc2)nc2sc3c(c2c1=O)CCC3. The minimum atomic E-state index is 0.0601. The summed E-state index contributed by atoms with van der Waals surface area (Å²) in [5.41, 5.74) is 1.89. The van der Waals surface area contributed by atoms with Crippen molar-refractivity contribution in [2.24, 2.45) is 7.05 Å². The van der Waals surface area contributed by atoms with E-state index in [4.69, 9.17) is 15.0 Å². The molecule has 1 aliphatic rings. The molecule has 3 aromatic rings. The van der Waals surface area contributed by atoms with Gasteiger partial charge in [-0.1, -0.05) is 11.8 Å². The Hall–Kier alpha value is -2.30. The minimum absolute atomic E-state index is 0.0601. The largest absolute Gasteiger partial charge is 0.493 e. The van der Waals surface area contributed by atoms with Crippen molar-refractivity contribution in [2.45, 2.75) is 24.4 Å². The maximum atomic E-state index is 12.7. The van der Waals surface area contributed by atoms with Gasteiger partial charge in [-0.05, 0) is 49.1 Å². The van der Waals surface area contributed by atoms with Crippen molar-refractivity contribution in [1.29, 1.82) is 5.26 Å². The Balaban J connectivity index is 1.45. The molecule has 2 aromatic heterocycles. The number of fused-ring (bicyclic) bond motifs is 3. The van der Waals surface area contributed by atoms with Crippen molar-refractivity contribution in [3.8, 4) is 11.8 Å². The summed E-state index contributed by atoms with van der Waals surface area (Å²) < 4.78 is 7.34. The first-order valence-electron chi connectivity index (χ1n) is 8.44. The summed E-state index contributed by atoms with van der Waals surface area (Å²) in [5, 5.41) is 10.4. The molecule has 0 atom stereocenters. The number of nitrogens with zero attached hydrogens (tertiary/aromatic N) is 3. The van der Waals surface area contributed by atoms with Gasteiger partial charge in [-0.2, -0.15) is 5.26 Å². The second-order valence-corrected chi connectivity index (χ2v) is 8.27. The lowest BCUT2D eigenvalue weighted by molar-refractivity contribution is 0.344. The van der Waals surface area contributed by atoms with Gasteiger partial charge >= 0.3 is 0 Å². The van der Waals surface area contributed by atoms with Gasteiger partial charge in [-0.3, -0.25) is 9.36 Å². The smallest absolute Gasteiger partial charge is 0.262 e. The lowest BCUT2D eigenvalue weighted by Crippen LogP contribution is -2.20. The predicted molar refractivity (Wildman–Crippen MR) is 104 cm³/mol. The number of nitriles is 1. The Bertz CT molecular complexity index is 1060. The van der Waals surface area contributed by atoms with Crippen LogP contribution in [-0.4, -0.2) is 21.9 Å². The Kier molecular flexibility index (Phi) is 4.70. The Labute approximate surface area is 159 Å². The van der Waals surface area contributed by atoms with Gasteiger partial charge < -0.3 is 4.74 Å². The number of thiophene rings is 1. The first-order valence-corrected chi connectivity index (χ1v) is 10.2. The Morgan fingerprint density at radius 2 is 2.15 bits per heavy atom. The topological polar surface area (TPSA) is 67.9 Å². The van der Waals surface area contributed by atoms with Gasteiger partial charge in [0.2, 0.25) is 0 Å². The molecule has 0 saturated carbocycles. The average Bonchev–Trinajstić information content (AvgIpc) is 3.23. The van der Waals surface area contributed by atoms with Crippen molar-refractivity contribution in [3.63, 3.8) is 0 Å². The summed E-state index contributed by atoms with van der Waals surface area (Å²) in [6.45, 7) is 0.505. The van der Waals surface area contributed by atoms with E-state index in [0.29, 0.717) is 17.9 Å². The van der Waals surface area contributed by atoms with E-state index in [2.05, 4.69) is 6.07 Å². The monoisotopic (exact) mass is 383 g/mol. The highest BCUT2D eigenvalue weighted by Gasteiger charge is 2.22. The predicted octanol–water partition coefficient (Wildman–Crippen LogP) is 3.53. The van der Waals surface area contributed by atoms with Crippen molar-refractivity contribution >= 4 is 33.3 Å². The van der Waals surface area contributed by atoms with Gasteiger partial charge in [-0.15, -0.1) is 11.3 Å². The van der Waals surface area contributed by atoms with E-state index < -0.39 is 0 Å². The van der Waals surface area contributed by atoms with Crippen LogP contribution in [0.1, 0.15) is 22.4 Å². The lowest BCUT2D eigenvalue weighted by Gasteiger charge is -2.09. The number of rotatable bonds is 5. The number of aromatic nitrogens is 2. The van der Waals surface area contributed by atoms with Crippen LogP contribution >= 0.6 is 23.1 Å². The quantitative estimate of drug-likeness (QED) is 0.383. The fraction of sp³-hybridized carbons (Fsp3) is 0.316. The molecule has 7 heteroatoms. The van der Waals surface area contributed by atoms with E-state index in [1.165, 1.54) is 22.2 Å². The average molecular weight is 383 g/mol. The van der Waals surface area contributed by atoms with Crippen molar-refractivity contribution in [1.82, 2.24) is 9.55 Å². The van der Waals surface area contributed by atoms with Crippen LogP contribution in [0.4, 0.5) is 0 Å². The molecule has 0 fully saturated rings. The Morgan fingerprint density at radius 3 is 2.92 bits per heavy atom. The van der Waals surface area contributed by atoms with E-state index in [-0.39, 0.29) is 5.56 Å². The van der Waals surface area contributed by atoms with E-state index in [9.17, 15) is 4.79 Å². The molecule has 0 amide bonds. The van der Waals surface area contributed by atoms with Crippen LogP contribution in [0.25, 0.3) is 10.2 Å². The van der Waals surface area contributed by atoms with Crippen LogP contribution in [0.3, 0.4) is 0 Å². The van der Waals surface area contributed by atoms with Gasteiger partial charge in [0.1, 0.15) is 10.6 Å². The van der Waals surface area contributed by atoms with Gasteiger partial charge in [0.05, 0.1) is 23.6 Å². The zero-order valence-corrected chi connectivity index (χ0v) is 16.0. The summed E-state index contributed by atoms with van der Waals surface area (Å²) in [6.07, 6.45) is 3.21. The molecule has 26 heavy (non-hydrogen) atoms. The van der Waals surface area contributed by atoms with Gasteiger partial charge in [0.25, 0.3) is 5.56 Å². The van der Waals surface area contributed by atoms with Gasteiger partial charge in [0.15, 0.2) is 5.16 Å². The molecule has 4 rings (SSSR count). The molecule has 0 radical (unpaired) electrons. The van der Waals surface area contributed by atoms with E-state index in [1.54, 1.807) is 47.2 Å². The third kappa shape index (κ3) is 3.11. The van der Waals surface area contributed by atoms with Crippen molar-refractivity contribution < 1.29 is 4.74 Å². The third-order valence-electron chi connectivity index (χ3n) is 4.47. The molecule has 1 aromatic carbocycles. The molecule has 0 unspecified atom stereocenters. The fourth-order valence-corrected chi connectivity index (χ4v) is 5.24. The zero-order valence-electron chi connectivity index (χ0n) is 14.3. The van der Waals surface area contributed by atoms with Crippen LogP contribution in [0.5, 0.6) is 5.75 Å². The second kappa shape index (κ2) is 7.14. The lowest BCUT2D eigenvalue weighted by atomic mass is 10.2. The number of hydrogen-bond donors (Lipinski definition) is 0. The molecule has 0 N–H and O–H groups in total. The summed E-state index contributed by atoms with van der Waals surface area (Å²) in [6, 6.07) is 9.13. The highest BCUT2D eigenvalue weighted by atomic mass is 32.2.